The van der Waals surface area contributed by atoms with Crippen LogP contribution in [-0.2, 0) is 19.4 Å². The molecule has 2 aromatic rings. The van der Waals surface area contributed by atoms with E-state index in [1.807, 2.05) is 0 Å². The molecule has 1 N–H and O–H groups in total. The van der Waals surface area contributed by atoms with Gasteiger partial charge in [0.25, 0.3) is 0 Å². The molecule has 1 aliphatic heterocycles. The second-order valence-corrected chi connectivity index (χ2v) is 9.59. The fraction of sp³-hybridized carbons (Fsp3) is 0.476. The molecular formula is C21H27FN4O4S. The molecule has 8 nitrogen and oxygen atoms in total. The summed E-state index contributed by atoms with van der Waals surface area (Å²) < 4.78 is 42.4. The van der Waals surface area contributed by atoms with Crippen LogP contribution in [0.1, 0.15) is 32.6 Å². The van der Waals surface area contributed by atoms with Crippen molar-refractivity contribution in [3.05, 3.63) is 36.4 Å². The van der Waals surface area contributed by atoms with Crippen molar-refractivity contribution in [1.82, 2.24) is 9.97 Å². The Kier molecular flexibility index (Phi) is 7.42. The molecule has 0 amide bonds. The molecule has 10 heteroatoms. The molecule has 2 heterocycles. The van der Waals surface area contributed by atoms with E-state index < -0.39 is 15.7 Å². The fourth-order valence-corrected chi connectivity index (χ4v) is 4.19. The Morgan fingerprint density at radius 1 is 1.26 bits per heavy atom. The summed E-state index contributed by atoms with van der Waals surface area (Å²) in [5.74, 6) is 0.802. The molecule has 1 aromatic heterocycles. The molecule has 1 aromatic carbocycles. The first-order chi connectivity index (χ1) is 14.8. The zero-order chi connectivity index (χ0) is 22.4. The van der Waals surface area contributed by atoms with Gasteiger partial charge in [-0.1, -0.05) is 0 Å². The number of ether oxygens (including phenoxy) is 1. The maximum absolute atomic E-state index is 14.3. The van der Waals surface area contributed by atoms with Crippen LogP contribution < -0.4 is 10.2 Å². The molecule has 0 radical (unpaired) electrons. The van der Waals surface area contributed by atoms with Gasteiger partial charge in [0.05, 0.1) is 17.2 Å². The standard InChI is InChI=1S/C21H27FN4O4S/c1-3-30-21(27)7-4-15-8-10-26(11-9-15)20-13-19(23-14-24-20)25-18-6-5-16(12-17(18)22)31(2,28)29/h5-6,12-15H,3-4,7-11H2,1-2H3,(H,23,24,25). The first-order valence-corrected chi connectivity index (χ1v) is 12.1. The smallest absolute Gasteiger partial charge is 0.305 e. The summed E-state index contributed by atoms with van der Waals surface area (Å²) in [7, 11) is -3.48. The molecule has 0 atom stereocenters. The van der Waals surface area contributed by atoms with Gasteiger partial charge in [-0.25, -0.2) is 22.8 Å². The topological polar surface area (TPSA) is 101 Å². The highest BCUT2D eigenvalue weighted by Gasteiger charge is 2.21. The van der Waals surface area contributed by atoms with E-state index in [1.165, 1.54) is 18.5 Å². The lowest BCUT2D eigenvalue weighted by Gasteiger charge is -2.32. The number of rotatable bonds is 8. The van der Waals surface area contributed by atoms with E-state index in [0.717, 1.165) is 50.5 Å². The zero-order valence-corrected chi connectivity index (χ0v) is 18.5. The third-order valence-corrected chi connectivity index (χ3v) is 6.39. The zero-order valence-electron chi connectivity index (χ0n) is 17.7. The average Bonchev–Trinajstić information content (AvgIpc) is 2.74. The normalized spacial score (nSPS) is 15.0. The lowest BCUT2D eigenvalue weighted by Crippen LogP contribution is -2.34. The van der Waals surface area contributed by atoms with Crippen LogP contribution in [0.2, 0.25) is 0 Å². The summed E-state index contributed by atoms with van der Waals surface area (Å²) in [6.07, 6.45) is 5.62. The molecule has 1 fully saturated rings. The highest BCUT2D eigenvalue weighted by molar-refractivity contribution is 7.90. The maximum atomic E-state index is 14.3. The van der Waals surface area contributed by atoms with Gasteiger partial charge in [-0.15, -0.1) is 0 Å². The van der Waals surface area contributed by atoms with Gasteiger partial charge in [-0.2, -0.15) is 0 Å². The molecule has 0 spiro atoms. The predicted molar refractivity (Wildman–Crippen MR) is 116 cm³/mol. The largest absolute Gasteiger partial charge is 0.466 e. The second-order valence-electron chi connectivity index (χ2n) is 7.57. The molecule has 0 saturated carbocycles. The Hall–Kier alpha value is -2.75. The molecular weight excluding hydrogens is 423 g/mol. The number of hydrogen-bond acceptors (Lipinski definition) is 8. The lowest BCUT2D eigenvalue weighted by molar-refractivity contribution is -0.143. The molecule has 31 heavy (non-hydrogen) atoms. The van der Waals surface area contributed by atoms with Crippen molar-refractivity contribution in [2.45, 2.75) is 37.5 Å². The number of anilines is 3. The van der Waals surface area contributed by atoms with Crippen molar-refractivity contribution in [2.75, 3.05) is 36.2 Å². The van der Waals surface area contributed by atoms with Crippen molar-refractivity contribution in [2.24, 2.45) is 5.92 Å². The van der Waals surface area contributed by atoms with Crippen molar-refractivity contribution >= 4 is 33.1 Å². The third-order valence-electron chi connectivity index (χ3n) is 5.28. The van der Waals surface area contributed by atoms with Crippen molar-refractivity contribution in [3.63, 3.8) is 0 Å². The highest BCUT2D eigenvalue weighted by Crippen LogP contribution is 2.27. The van der Waals surface area contributed by atoms with E-state index in [2.05, 4.69) is 20.2 Å². The van der Waals surface area contributed by atoms with Crippen LogP contribution in [0.25, 0.3) is 0 Å². The van der Waals surface area contributed by atoms with Gasteiger partial charge in [-0.05, 0) is 50.3 Å². The number of esters is 1. The van der Waals surface area contributed by atoms with Gasteiger partial charge in [0, 0.05) is 31.8 Å². The molecule has 0 bridgehead atoms. The van der Waals surface area contributed by atoms with Crippen LogP contribution in [0.4, 0.5) is 21.7 Å². The number of nitrogens with one attached hydrogen (secondary N) is 1. The van der Waals surface area contributed by atoms with Crippen LogP contribution >= 0.6 is 0 Å². The number of hydrogen-bond donors (Lipinski definition) is 1. The SMILES string of the molecule is CCOC(=O)CCC1CCN(c2cc(Nc3ccc(S(C)(=O)=O)cc3F)ncn2)CC1. The van der Waals surface area contributed by atoms with Crippen LogP contribution in [-0.4, -0.2) is 50.3 Å². The number of piperidine rings is 1. The number of benzene rings is 1. The quantitative estimate of drug-likeness (QED) is 0.611. The van der Waals surface area contributed by atoms with Gasteiger partial charge >= 0.3 is 5.97 Å². The van der Waals surface area contributed by atoms with Crippen LogP contribution in [0, 0.1) is 11.7 Å². The Morgan fingerprint density at radius 3 is 2.65 bits per heavy atom. The van der Waals surface area contributed by atoms with Crippen LogP contribution in [0.5, 0.6) is 0 Å². The summed E-state index contributed by atoms with van der Waals surface area (Å²) in [5.41, 5.74) is 0.134. The monoisotopic (exact) mass is 450 g/mol. The fourth-order valence-electron chi connectivity index (χ4n) is 3.56. The first kappa shape index (κ1) is 22.9. The van der Waals surface area contributed by atoms with E-state index in [4.69, 9.17) is 4.74 Å². The number of carbonyl (C=O) groups is 1. The predicted octanol–water partition coefficient (Wildman–Crippen LogP) is 3.32. The lowest BCUT2D eigenvalue weighted by atomic mass is 9.92. The van der Waals surface area contributed by atoms with Gasteiger partial charge in [0.2, 0.25) is 0 Å². The molecule has 1 aliphatic rings. The molecule has 0 unspecified atom stereocenters. The first-order valence-electron chi connectivity index (χ1n) is 10.3. The highest BCUT2D eigenvalue weighted by atomic mass is 32.2. The summed E-state index contributed by atoms with van der Waals surface area (Å²) in [6, 6.07) is 5.45. The summed E-state index contributed by atoms with van der Waals surface area (Å²) in [4.78, 5) is 22.1. The Bertz CT molecular complexity index is 1020. The number of nitrogens with zero attached hydrogens (tertiary/aromatic N) is 3. The van der Waals surface area contributed by atoms with E-state index in [-0.39, 0.29) is 16.6 Å². The van der Waals surface area contributed by atoms with Crippen molar-refractivity contribution in [3.8, 4) is 0 Å². The molecule has 168 valence electrons. The molecule has 0 aliphatic carbocycles. The van der Waals surface area contributed by atoms with E-state index in [0.29, 0.717) is 24.8 Å². The summed E-state index contributed by atoms with van der Waals surface area (Å²) in [6.45, 7) is 3.83. The minimum atomic E-state index is -3.48. The summed E-state index contributed by atoms with van der Waals surface area (Å²) >= 11 is 0. The van der Waals surface area contributed by atoms with E-state index >= 15 is 0 Å². The van der Waals surface area contributed by atoms with Gasteiger partial charge in [0.1, 0.15) is 23.8 Å². The van der Waals surface area contributed by atoms with E-state index in [9.17, 15) is 17.6 Å². The maximum Gasteiger partial charge on any atom is 0.305 e. The molecule has 1 saturated heterocycles. The number of halogens is 1. The van der Waals surface area contributed by atoms with Gasteiger partial charge < -0.3 is 15.0 Å². The Balaban J connectivity index is 1.59. The Morgan fingerprint density at radius 2 is 2.00 bits per heavy atom. The van der Waals surface area contributed by atoms with Crippen LogP contribution in [0.15, 0.2) is 35.5 Å². The van der Waals surface area contributed by atoms with Crippen molar-refractivity contribution in [1.29, 1.82) is 0 Å². The minimum absolute atomic E-state index is 0.0789. The third kappa shape index (κ3) is 6.36. The van der Waals surface area contributed by atoms with Crippen LogP contribution in [0.3, 0.4) is 0 Å². The van der Waals surface area contributed by atoms with Crippen molar-refractivity contribution < 1.29 is 22.3 Å². The number of carbonyl (C=O) groups excluding carboxylic acids is 1. The minimum Gasteiger partial charge on any atom is -0.466 e. The average molecular weight is 451 g/mol. The second kappa shape index (κ2) is 10.0. The van der Waals surface area contributed by atoms with E-state index in [1.54, 1.807) is 13.0 Å². The number of aromatic nitrogens is 2. The Labute approximate surface area is 181 Å². The number of sulfone groups is 1. The van der Waals surface area contributed by atoms with Gasteiger partial charge in [-0.3, -0.25) is 4.79 Å². The van der Waals surface area contributed by atoms with Gasteiger partial charge in [0.15, 0.2) is 9.84 Å². The summed E-state index contributed by atoms with van der Waals surface area (Å²) in [5, 5.41) is 2.88. The molecule has 3 rings (SSSR count).